The van der Waals surface area contributed by atoms with E-state index in [1.807, 2.05) is 0 Å². The van der Waals surface area contributed by atoms with Gasteiger partial charge in [0.25, 0.3) is 0 Å². The first kappa shape index (κ1) is 27.4. The van der Waals surface area contributed by atoms with Gasteiger partial charge in [-0.25, -0.2) is 24.1 Å². The molecule has 1 spiro atoms. The third-order valence-electron chi connectivity index (χ3n) is 8.14. The first-order chi connectivity index (χ1) is 18.2. The van der Waals surface area contributed by atoms with Gasteiger partial charge in [-0.2, -0.15) is 0 Å². The van der Waals surface area contributed by atoms with Crippen molar-refractivity contribution in [1.82, 2.24) is 15.0 Å². The summed E-state index contributed by atoms with van der Waals surface area (Å²) in [6.45, 7) is 8.17. The van der Waals surface area contributed by atoms with Crippen LogP contribution < -0.4 is 9.80 Å². The summed E-state index contributed by atoms with van der Waals surface area (Å²) >= 11 is 7.87. The first-order valence-electron chi connectivity index (χ1n) is 13.0. The number of alkyl halides is 1. The van der Waals surface area contributed by atoms with Crippen LogP contribution in [0.15, 0.2) is 28.4 Å². The third-order valence-corrected chi connectivity index (χ3v) is 9.59. The van der Waals surface area contributed by atoms with Crippen LogP contribution >= 0.6 is 23.4 Å². The minimum absolute atomic E-state index is 0.0206. The molecule has 2 aromatic rings. The van der Waals surface area contributed by atoms with Crippen LogP contribution in [0.3, 0.4) is 0 Å². The zero-order valence-electron chi connectivity index (χ0n) is 21.8. The average Bonchev–Trinajstić information content (AvgIpc) is 3.17. The topological polar surface area (TPSA) is 101 Å². The van der Waals surface area contributed by atoms with E-state index in [0.717, 1.165) is 32.5 Å². The van der Waals surface area contributed by atoms with E-state index in [4.69, 9.17) is 21.1 Å². The van der Waals surface area contributed by atoms with E-state index < -0.39 is 18.2 Å². The van der Waals surface area contributed by atoms with Crippen molar-refractivity contribution in [1.29, 1.82) is 0 Å². The molecule has 0 saturated carbocycles. The van der Waals surface area contributed by atoms with Crippen LogP contribution in [0, 0.1) is 11.3 Å². The van der Waals surface area contributed by atoms with Crippen LogP contribution in [0.4, 0.5) is 16.0 Å². The van der Waals surface area contributed by atoms with Crippen LogP contribution in [-0.2, 0) is 9.47 Å². The highest BCUT2D eigenvalue weighted by molar-refractivity contribution is 7.99. The Hall–Kier alpha value is -2.21. The molecule has 3 saturated heterocycles. The number of piperidine rings is 1. The predicted molar refractivity (Wildman–Crippen MR) is 143 cm³/mol. The van der Waals surface area contributed by atoms with Crippen LogP contribution in [0.25, 0.3) is 0 Å². The highest BCUT2D eigenvalue weighted by Gasteiger charge is 2.47. The molecule has 1 N–H and O–H groups in total. The molecule has 0 amide bonds. The maximum absolute atomic E-state index is 14.2. The van der Waals surface area contributed by atoms with Gasteiger partial charge < -0.3 is 24.4 Å². The summed E-state index contributed by atoms with van der Waals surface area (Å²) in [5.41, 5.74) is -1.30. The first-order valence-corrected chi connectivity index (χ1v) is 14.2. The summed E-state index contributed by atoms with van der Waals surface area (Å²) in [6.07, 6.45) is 5.40. The van der Waals surface area contributed by atoms with Gasteiger partial charge in [0.15, 0.2) is 17.2 Å². The highest BCUT2D eigenvalue weighted by atomic mass is 35.5. The van der Waals surface area contributed by atoms with Crippen molar-refractivity contribution in [2.45, 2.75) is 55.3 Å². The molecule has 0 radical (unpaired) electrons. The number of aromatic nitrogens is 3. The molecule has 3 aliphatic heterocycles. The number of anilines is 2. The number of hydrogen-bond donors (Lipinski definition) is 1. The summed E-state index contributed by atoms with van der Waals surface area (Å²) in [6, 6.07) is 1.74. The molecule has 12 heteroatoms. The maximum Gasteiger partial charge on any atom is 0.360 e. The third kappa shape index (κ3) is 5.05. The molecule has 38 heavy (non-hydrogen) atoms. The Morgan fingerprint density at radius 3 is 2.63 bits per heavy atom. The number of pyridine rings is 1. The Morgan fingerprint density at radius 2 is 2.00 bits per heavy atom. The van der Waals surface area contributed by atoms with Crippen LogP contribution in [0.2, 0.25) is 5.02 Å². The standard InChI is InChI=1S/C26H33ClFN5O4S/c1-4-36-24(35)21-23(32-9-6-25(7-10-32)15-37-17(3)16(25)2)30-11-19(31-21)38-18-5-8-29-22(20(18)27)33-12-26(28,13-33)14-34/h5,8,11,16-17,34H,4,6-7,9-10,12-15H2,1-3H3/t16-,17+/m1/s1. The molecule has 3 aliphatic rings. The Balaban J connectivity index is 1.36. The minimum Gasteiger partial charge on any atom is -0.461 e. The van der Waals surface area contributed by atoms with E-state index in [2.05, 4.69) is 33.7 Å². The summed E-state index contributed by atoms with van der Waals surface area (Å²) in [7, 11) is 0. The fourth-order valence-corrected chi connectivity index (χ4v) is 6.66. The van der Waals surface area contributed by atoms with E-state index >= 15 is 0 Å². The zero-order chi connectivity index (χ0) is 27.1. The molecular formula is C26H33ClFN5O4S. The lowest BCUT2D eigenvalue weighted by Gasteiger charge is -2.44. The molecule has 0 unspecified atom stereocenters. The number of carbonyl (C=O) groups is 1. The van der Waals surface area contributed by atoms with Gasteiger partial charge in [-0.05, 0) is 38.7 Å². The maximum atomic E-state index is 14.2. The van der Waals surface area contributed by atoms with Gasteiger partial charge >= 0.3 is 5.97 Å². The van der Waals surface area contributed by atoms with Crippen LogP contribution in [-0.4, -0.2) is 83.8 Å². The molecule has 2 atom stereocenters. The number of rotatable bonds is 7. The summed E-state index contributed by atoms with van der Waals surface area (Å²) in [4.78, 5) is 31.0. The van der Waals surface area contributed by atoms with Gasteiger partial charge in [0, 0.05) is 29.6 Å². The van der Waals surface area contributed by atoms with Crippen molar-refractivity contribution in [3.8, 4) is 0 Å². The van der Waals surface area contributed by atoms with Crippen molar-refractivity contribution in [3.05, 3.63) is 29.2 Å². The number of aliphatic hydroxyl groups excluding tert-OH is 1. The molecular weight excluding hydrogens is 533 g/mol. The van der Waals surface area contributed by atoms with E-state index in [0.29, 0.717) is 32.5 Å². The summed E-state index contributed by atoms with van der Waals surface area (Å²) in [5.74, 6) is 0.924. The Morgan fingerprint density at radius 1 is 1.26 bits per heavy atom. The van der Waals surface area contributed by atoms with E-state index in [1.165, 1.54) is 11.8 Å². The van der Waals surface area contributed by atoms with Crippen molar-refractivity contribution in [3.63, 3.8) is 0 Å². The van der Waals surface area contributed by atoms with E-state index in [9.17, 15) is 14.3 Å². The average molecular weight is 566 g/mol. The number of nitrogens with zero attached hydrogens (tertiary/aromatic N) is 5. The number of ether oxygens (including phenoxy) is 2. The van der Waals surface area contributed by atoms with Gasteiger partial charge in [-0.1, -0.05) is 30.3 Å². The summed E-state index contributed by atoms with van der Waals surface area (Å²) < 4.78 is 25.5. The zero-order valence-corrected chi connectivity index (χ0v) is 23.4. The molecule has 5 heterocycles. The fraction of sp³-hybridized carbons (Fsp3) is 0.615. The van der Waals surface area contributed by atoms with Gasteiger partial charge in [-0.15, -0.1) is 0 Å². The lowest BCUT2D eigenvalue weighted by atomic mass is 9.70. The Labute approximate surface area is 231 Å². The predicted octanol–water partition coefficient (Wildman–Crippen LogP) is 4.01. The van der Waals surface area contributed by atoms with Gasteiger partial charge in [0.2, 0.25) is 0 Å². The second kappa shape index (κ2) is 10.7. The smallest absolute Gasteiger partial charge is 0.360 e. The largest absolute Gasteiger partial charge is 0.461 e. The quantitative estimate of drug-likeness (QED) is 0.495. The molecule has 5 rings (SSSR count). The number of esters is 1. The minimum atomic E-state index is -1.64. The van der Waals surface area contributed by atoms with Gasteiger partial charge in [-0.3, -0.25) is 0 Å². The van der Waals surface area contributed by atoms with Crippen molar-refractivity contribution in [2.75, 3.05) is 55.8 Å². The highest BCUT2D eigenvalue weighted by Crippen LogP contribution is 2.47. The molecule has 0 aliphatic carbocycles. The monoisotopic (exact) mass is 565 g/mol. The number of hydrogen-bond acceptors (Lipinski definition) is 10. The van der Waals surface area contributed by atoms with E-state index in [1.54, 1.807) is 30.3 Å². The lowest BCUT2D eigenvalue weighted by Crippen LogP contribution is -2.61. The van der Waals surface area contributed by atoms with Crippen LogP contribution in [0.5, 0.6) is 0 Å². The molecule has 3 fully saturated rings. The fourth-order valence-electron chi connectivity index (χ4n) is 5.53. The number of aliphatic hydroxyl groups is 1. The SMILES string of the molecule is CCOC(=O)c1nc(Sc2ccnc(N3CC(F)(CO)C3)c2Cl)cnc1N1CCC2(CC1)CO[C@@H](C)[C@H]2C. The Kier molecular flexibility index (Phi) is 7.74. The van der Waals surface area contributed by atoms with Gasteiger partial charge in [0.1, 0.15) is 10.8 Å². The van der Waals surface area contributed by atoms with Gasteiger partial charge in [0.05, 0.1) is 50.2 Å². The second-order valence-corrected chi connectivity index (χ2v) is 11.9. The molecule has 0 bridgehead atoms. The molecule has 2 aromatic heterocycles. The van der Waals surface area contributed by atoms with Crippen molar-refractivity contribution < 1.29 is 23.8 Å². The van der Waals surface area contributed by atoms with Crippen molar-refractivity contribution >= 4 is 41.0 Å². The van der Waals surface area contributed by atoms with Crippen molar-refractivity contribution in [2.24, 2.45) is 11.3 Å². The summed E-state index contributed by atoms with van der Waals surface area (Å²) in [5, 5.41) is 10.0. The van der Waals surface area contributed by atoms with E-state index in [-0.39, 0.29) is 36.9 Å². The molecule has 9 nitrogen and oxygen atoms in total. The molecule has 0 aromatic carbocycles. The normalized spacial score (nSPS) is 23.9. The number of halogens is 2. The van der Waals surface area contributed by atoms with Crippen LogP contribution in [0.1, 0.15) is 44.1 Å². The molecule has 206 valence electrons. The number of carbonyl (C=O) groups excluding carboxylic acids is 1. The Bertz CT molecular complexity index is 1190. The second-order valence-electron chi connectivity index (χ2n) is 10.5. The lowest BCUT2D eigenvalue weighted by molar-refractivity contribution is 0.0440.